The molecule has 0 saturated carbocycles. The van der Waals surface area contributed by atoms with E-state index in [0.717, 1.165) is 0 Å². The average molecular weight is 167 g/mol. The van der Waals surface area contributed by atoms with E-state index in [1.807, 2.05) is 0 Å². The SMILES string of the molecule is COc1ccnc(COC=O)c1. The lowest BCUT2D eigenvalue weighted by Crippen LogP contribution is -1.94. The zero-order valence-corrected chi connectivity index (χ0v) is 6.69. The van der Waals surface area contributed by atoms with Gasteiger partial charge in [0.2, 0.25) is 0 Å². The fraction of sp³-hybridized carbons (Fsp3) is 0.250. The summed E-state index contributed by atoms with van der Waals surface area (Å²) in [6.45, 7) is 0.571. The second kappa shape index (κ2) is 4.33. The van der Waals surface area contributed by atoms with Gasteiger partial charge in [-0.05, 0) is 6.07 Å². The Labute approximate surface area is 70.1 Å². The Morgan fingerprint density at radius 2 is 2.50 bits per heavy atom. The molecular weight excluding hydrogens is 158 g/mol. The van der Waals surface area contributed by atoms with Crippen LogP contribution in [0.5, 0.6) is 5.75 Å². The standard InChI is InChI=1S/C8H9NO3/c1-11-8-2-3-9-7(4-8)5-12-6-10/h2-4,6H,5H2,1H3. The summed E-state index contributed by atoms with van der Waals surface area (Å²) in [6.07, 6.45) is 1.60. The molecule has 0 aliphatic carbocycles. The van der Waals surface area contributed by atoms with Crippen molar-refractivity contribution in [2.75, 3.05) is 7.11 Å². The van der Waals surface area contributed by atoms with Crippen LogP contribution in [0.15, 0.2) is 18.3 Å². The van der Waals surface area contributed by atoms with Gasteiger partial charge in [0, 0.05) is 12.3 Å². The number of rotatable bonds is 4. The molecule has 0 saturated heterocycles. The summed E-state index contributed by atoms with van der Waals surface area (Å²) in [4.78, 5) is 13.8. The first-order chi connectivity index (χ1) is 5.86. The lowest BCUT2D eigenvalue weighted by molar-refractivity contribution is -0.129. The monoisotopic (exact) mass is 167 g/mol. The highest BCUT2D eigenvalue weighted by Crippen LogP contribution is 2.09. The quantitative estimate of drug-likeness (QED) is 0.621. The van der Waals surface area contributed by atoms with E-state index in [-0.39, 0.29) is 6.61 Å². The summed E-state index contributed by atoms with van der Waals surface area (Å²) >= 11 is 0. The molecule has 0 bridgehead atoms. The van der Waals surface area contributed by atoms with Crippen LogP contribution in [0, 0.1) is 0 Å². The molecule has 1 rings (SSSR count). The third kappa shape index (κ3) is 2.23. The average Bonchev–Trinajstić information content (AvgIpc) is 2.15. The largest absolute Gasteiger partial charge is 0.497 e. The Kier molecular flexibility index (Phi) is 3.07. The fourth-order valence-electron chi connectivity index (χ4n) is 0.781. The van der Waals surface area contributed by atoms with Crippen molar-refractivity contribution in [3.05, 3.63) is 24.0 Å². The number of pyridine rings is 1. The lowest BCUT2D eigenvalue weighted by Gasteiger charge is -2.01. The third-order valence-electron chi connectivity index (χ3n) is 1.32. The summed E-state index contributed by atoms with van der Waals surface area (Å²) < 4.78 is 9.47. The molecule has 12 heavy (non-hydrogen) atoms. The zero-order chi connectivity index (χ0) is 8.81. The van der Waals surface area contributed by atoms with Crippen molar-refractivity contribution >= 4 is 6.47 Å². The van der Waals surface area contributed by atoms with Crippen LogP contribution in [0.25, 0.3) is 0 Å². The highest BCUT2D eigenvalue weighted by atomic mass is 16.5. The molecule has 0 aliphatic heterocycles. The minimum Gasteiger partial charge on any atom is -0.497 e. The fourth-order valence-corrected chi connectivity index (χ4v) is 0.781. The van der Waals surface area contributed by atoms with Crippen LogP contribution in [-0.4, -0.2) is 18.6 Å². The van der Waals surface area contributed by atoms with Crippen LogP contribution >= 0.6 is 0 Å². The van der Waals surface area contributed by atoms with E-state index >= 15 is 0 Å². The number of hydrogen-bond donors (Lipinski definition) is 0. The Morgan fingerprint density at radius 3 is 3.17 bits per heavy atom. The molecule has 0 fully saturated rings. The first kappa shape index (κ1) is 8.52. The van der Waals surface area contributed by atoms with Gasteiger partial charge >= 0.3 is 0 Å². The molecule has 0 atom stereocenters. The second-order valence-electron chi connectivity index (χ2n) is 2.09. The number of carbonyl (C=O) groups excluding carboxylic acids is 1. The Hall–Kier alpha value is -1.58. The summed E-state index contributed by atoms with van der Waals surface area (Å²) in [7, 11) is 1.57. The van der Waals surface area contributed by atoms with E-state index in [9.17, 15) is 4.79 Å². The van der Waals surface area contributed by atoms with E-state index in [2.05, 4.69) is 9.72 Å². The highest BCUT2D eigenvalue weighted by Gasteiger charge is 1.96. The lowest BCUT2D eigenvalue weighted by atomic mass is 10.3. The summed E-state index contributed by atoms with van der Waals surface area (Å²) in [5.74, 6) is 0.703. The van der Waals surface area contributed by atoms with Crippen LogP contribution in [0.3, 0.4) is 0 Å². The van der Waals surface area contributed by atoms with E-state index < -0.39 is 0 Å². The molecule has 1 aromatic rings. The van der Waals surface area contributed by atoms with Crippen molar-refractivity contribution in [1.29, 1.82) is 0 Å². The van der Waals surface area contributed by atoms with E-state index in [0.29, 0.717) is 17.9 Å². The first-order valence-corrected chi connectivity index (χ1v) is 3.41. The van der Waals surface area contributed by atoms with Crippen molar-refractivity contribution in [3.8, 4) is 5.75 Å². The zero-order valence-electron chi connectivity index (χ0n) is 6.69. The Balaban J connectivity index is 2.65. The third-order valence-corrected chi connectivity index (χ3v) is 1.32. The maximum Gasteiger partial charge on any atom is 0.293 e. The number of carbonyl (C=O) groups is 1. The maximum atomic E-state index is 9.85. The topological polar surface area (TPSA) is 48.4 Å². The van der Waals surface area contributed by atoms with Gasteiger partial charge in [0.05, 0.1) is 12.8 Å². The minimum atomic E-state index is 0.181. The molecule has 0 radical (unpaired) electrons. The molecular formula is C8H9NO3. The highest BCUT2D eigenvalue weighted by molar-refractivity contribution is 5.37. The van der Waals surface area contributed by atoms with Gasteiger partial charge in [0.15, 0.2) is 0 Å². The van der Waals surface area contributed by atoms with E-state index in [1.54, 1.807) is 25.4 Å². The number of aromatic nitrogens is 1. The molecule has 0 N–H and O–H groups in total. The van der Waals surface area contributed by atoms with Gasteiger partial charge < -0.3 is 9.47 Å². The van der Waals surface area contributed by atoms with Crippen molar-refractivity contribution in [2.45, 2.75) is 6.61 Å². The van der Waals surface area contributed by atoms with Crippen LogP contribution in [0.1, 0.15) is 5.69 Å². The second-order valence-corrected chi connectivity index (χ2v) is 2.09. The first-order valence-electron chi connectivity index (χ1n) is 3.41. The van der Waals surface area contributed by atoms with E-state index in [1.165, 1.54) is 0 Å². The van der Waals surface area contributed by atoms with Crippen LogP contribution in [-0.2, 0) is 16.1 Å². The van der Waals surface area contributed by atoms with Crippen molar-refractivity contribution in [1.82, 2.24) is 4.98 Å². The summed E-state index contributed by atoms with van der Waals surface area (Å²) in [5.41, 5.74) is 0.668. The van der Waals surface area contributed by atoms with Gasteiger partial charge in [-0.1, -0.05) is 0 Å². The Morgan fingerprint density at radius 1 is 1.67 bits per heavy atom. The van der Waals surface area contributed by atoms with Gasteiger partial charge in [0.1, 0.15) is 12.4 Å². The minimum absolute atomic E-state index is 0.181. The van der Waals surface area contributed by atoms with Crippen molar-refractivity contribution in [2.24, 2.45) is 0 Å². The van der Waals surface area contributed by atoms with E-state index in [4.69, 9.17) is 4.74 Å². The number of nitrogens with zero attached hydrogens (tertiary/aromatic N) is 1. The van der Waals surface area contributed by atoms with Gasteiger partial charge in [0.25, 0.3) is 6.47 Å². The summed E-state index contributed by atoms with van der Waals surface area (Å²) in [5, 5.41) is 0. The number of methoxy groups -OCH3 is 1. The van der Waals surface area contributed by atoms with Crippen LogP contribution < -0.4 is 4.74 Å². The smallest absolute Gasteiger partial charge is 0.293 e. The van der Waals surface area contributed by atoms with Gasteiger partial charge in [-0.15, -0.1) is 0 Å². The molecule has 1 aromatic heterocycles. The predicted molar refractivity (Wildman–Crippen MR) is 41.6 cm³/mol. The van der Waals surface area contributed by atoms with Crippen molar-refractivity contribution < 1.29 is 14.3 Å². The number of ether oxygens (including phenoxy) is 2. The maximum absolute atomic E-state index is 9.85. The molecule has 4 nitrogen and oxygen atoms in total. The molecule has 0 spiro atoms. The molecule has 0 aromatic carbocycles. The van der Waals surface area contributed by atoms with Gasteiger partial charge in [-0.3, -0.25) is 9.78 Å². The molecule has 0 unspecified atom stereocenters. The summed E-state index contributed by atoms with van der Waals surface area (Å²) in [6, 6.07) is 3.44. The van der Waals surface area contributed by atoms with Gasteiger partial charge in [-0.2, -0.15) is 0 Å². The molecule has 1 heterocycles. The molecule has 0 amide bonds. The molecule has 0 aliphatic rings. The van der Waals surface area contributed by atoms with Crippen LogP contribution in [0.4, 0.5) is 0 Å². The number of hydrogen-bond acceptors (Lipinski definition) is 4. The predicted octanol–water partition coefficient (Wildman–Crippen LogP) is 0.763. The molecule has 64 valence electrons. The Bertz CT molecular complexity index is 262. The van der Waals surface area contributed by atoms with Crippen LogP contribution in [0.2, 0.25) is 0 Å². The van der Waals surface area contributed by atoms with Crippen molar-refractivity contribution in [3.63, 3.8) is 0 Å². The molecule has 4 heteroatoms. The van der Waals surface area contributed by atoms with Gasteiger partial charge in [-0.25, -0.2) is 0 Å². The normalized spacial score (nSPS) is 9.08.